The van der Waals surface area contributed by atoms with E-state index in [0.29, 0.717) is 23.6 Å². The molecule has 0 aromatic heterocycles. The highest BCUT2D eigenvalue weighted by molar-refractivity contribution is 6.30. The second-order valence-corrected chi connectivity index (χ2v) is 13.9. The number of unbranched alkanes of at least 4 members (excludes halogenated alkanes) is 6. The monoisotopic (exact) mass is 750 g/mol. The number of aliphatic hydroxyl groups excluding tert-OH is 4. The molecule has 1 rings (SSSR count). The van der Waals surface area contributed by atoms with Crippen LogP contribution in [0.5, 0.6) is 0 Å². The molecule has 0 bridgehead atoms. The highest BCUT2D eigenvalue weighted by atomic mass is 35.5. The Morgan fingerprint density at radius 1 is 0.784 bits per heavy atom. The Morgan fingerprint density at radius 2 is 1.29 bits per heavy atom. The number of rotatable bonds is 20. The lowest BCUT2D eigenvalue weighted by atomic mass is 9.97. The quantitative estimate of drug-likeness (QED) is 0.0812. The summed E-state index contributed by atoms with van der Waals surface area (Å²) >= 11 is 5.62. The van der Waals surface area contributed by atoms with Crippen molar-refractivity contribution in [2.75, 3.05) is 5.32 Å². The molecule has 0 saturated carbocycles. The maximum atomic E-state index is 11.6. The number of carbonyl (C=O) groups is 5. The lowest BCUT2D eigenvalue weighted by Gasteiger charge is -2.27. The average molecular weight is 751 g/mol. The third-order valence-corrected chi connectivity index (χ3v) is 7.01. The van der Waals surface area contributed by atoms with Crippen LogP contribution in [0.25, 0.3) is 0 Å². The summed E-state index contributed by atoms with van der Waals surface area (Å²) in [4.78, 5) is 54.2. The van der Waals surface area contributed by atoms with Crippen LogP contribution in [0.3, 0.4) is 0 Å². The molecule has 0 aliphatic carbocycles. The molecule has 0 spiro atoms. The normalized spacial score (nSPS) is 13.9. The second kappa shape index (κ2) is 27.2. The van der Waals surface area contributed by atoms with Gasteiger partial charge in [0.1, 0.15) is 5.60 Å². The number of hydrogen-bond donors (Lipinski definition) is 9. The largest absolute Gasteiger partial charge is 0.481 e. The molecule has 15 nitrogen and oxygen atoms in total. The zero-order chi connectivity index (χ0) is 39.7. The molecule has 2 amide bonds. The number of carbonyl (C=O) groups excluding carboxylic acids is 2. The van der Waals surface area contributed by atoms with Crippen molar-refractivity contribution >= 4 is 47.2 Å². The molecule has 294 valence electrons. The number of anilines is 1. The minimum absolute atomic E-state index is 0.115. The molecule has 0 radical (unpaired) electrons. The Balaban J connectivity index is 0. The Kier molecular flexibility index (Phi) is 26.5. The molecule has 0 saturated heterocycles. The lowest BCUT2D eigenvalue weighted by molar-refractivity contribution is -0.156. The van der Waals surface area contributed by atoms with E-state index in [0.717, 1.165) is 12.8 Å². The van der Waals surface area contributed by atoms with Crippen molar-refractivity contribution in [2.24, 2.45) is 5.92 Å². The van der Waals surface area contributed by atoms with Gasteiger partial charge in [-0.25, -0.2) is 9.59 Å². The van der Waals surface area contributed by atoms with Gasteiger partial charge in [0.15, 0.2) is 12.2 Å². The number of amides is 2. The van der Waals surface area contributed by atoms with Crippen molar-refractivity contribution in [3.05, 3.63) is 29.3 Å². The van der Waals surface area contributed by atoms with E-state index in [1.54, 1.807) is 20.8 Å². The molecule has 1 aromatic carbocycles. The molecule has 51 heavy (non-hydrogen) atoms. The molecule has 3 unspecified atom stereocenters. The SMILES string of the molecule is CC(C)C[C@H](NC(=O)OC(C)(C)C)C(O)CC(=O)O.CCCCCCCCCC(O)CC(=O)O.O=C(O)C(O)[C@H](O)C(=O)Nc1ccc(Cl)cc1. The highest BCUT2D eigenvalue weighted by Gasteiger charge is 2.30. The number of halogens is 1. The minimum atomic E-state index is -2.16. The number of hydrogen-bond acceptors (Lipinski definition) is 10. The topological polar surface area (TPSA) is 260 Å². The van der Waals surface area contributed by atoms with Gasteiger partial charge in [0.25, 0.3) is 5.91 Å². The molecule has 16 heteroatoms. The highest BCUT2D eigenvalue weighted by Crippen LogP contribution is 2.15. The summed E-state index contributed by atoms with van der Waals surface area (Å²) in [6.45, 7) is 11.3. The third kappa shape index (κ3) is 28.8. The van der Waals surface area contributed by atoms with Crippen LogP contribution < -0.4 is 10.6 Å². The fourth-order valence-corrected chi connectivity index (χ4v) is 4.39. The molecule has 0 heterocycles. The summed E-state index contributed by atoms with van der Waals surface area (Å²) < 4.78 is 5.10. The number of nitrogens with one attached hydrogen (secondary N) is 2. The number of aliphatic carboxylic acids is 3. The van der Waals surface area contributed by atoms with Crippen molar-refractivity contribution < 1.29 is 64.5 Å². The molecular weight excluding hydrogens is 692 g/mol. The standard InChI is InChI=1S/C13H25NO5.C12H24O3.C10H10ClNO5/c1-8(2)6-9(10(15)7-11(16)17)14-12(18)19-13(3,4)5;1-2-3-4-5-6-7-8-9-11(13)10-12(14)15;11-5-1-3-6(4-2-5)12-9(15)7(13)8(14)10(16)17/h8-10,15H,6-7H2,1-5H3,(H,14,18)(H,16,17);11,13H,2-10H2,1H3,(H,14,15);1-4,7-8,13-14H,(H,12,15)(H,16,17)/t9-,10?;;7-,8?/m0.0/s1. The van der Waals surface area contributed by atoms with Crippen LogP contribution in [0.2, 0.25) is 5.02 Å². The van der Waals surface area contributed by atoms with Crippen LogP contribution in [0.4, 0.5) is 10.5 Å². The van der Waals surface area contributed by atoms with Crippen molar-refractivity contribution in [1.29, 1.82) is 0 Å². The minimum Gasteiger partial charge on any atom is -0.481 e. The number of alkyl carbamates (subject to hydrolysis) is 1. The number of carboxylic acid groups (broad SMARTS) is 3. The molecule has 0 aliphatic rings. The van der Waals surface area contributed by atoms with Gasteiger partial charge in [-0.2, -0.15) is 0 Å². The van der Waals surface area contributed by atoms with Crippen molar-refractivity contribution in [3.8, 4) is 0 Å². The van der Waals surface area contributed by atoms with Crippen LogP contribution in [0.15, 0.2) is 24.3 Å². The molecule has 9 N–H and O–H groups in total. The van der Waals surface area contributed by atoms with Crippen LogP contribution in [0, 0.1) is 5.92 Å². The van der Waals surface area contributed by atoms with Crippen molar-refractivity contribution in [2.45, 2.75) is 148 Å². The van der Waals surface area contributed by atoms with E-state index < -0.39 is 72.4 Å². The fraction of sp³-hybridized carbons (Fsp3) is 0.686. The van der Waals surface area contributed by atoms with Gasteiger partial charge in [-0.3, -0.25) is 14.4 Å². The number of aliphatic hydroxyl groups is 4. The fourth-order valence-electron chi connectivity index (χ4n) is 4.27. The summed E-state index contributed by atoms with van der Waals surface area (Å²) in [6, 6.07) is 5.33. The number of ether oxygens (including phenoxy) is 1. The van der Waals surface area contributed by atoms with Crippen LogP contribution in [0.1, 0.15) is 112 Å². The predicted octanol–water partition coefficient (Wildman–Crippen LogP) is 4.81. The smallest absolute Gasteiger partial charge is 0.407 e. The van der Waals surface area contributed by atoms with E-state index in [-0.39, 0.29) is 12.3 Å². The first kappa shape index (κ1) is 49.6. The maximum absolute atomic E-state index is 11.6. The van der Waals surface area contributed by atoms with Gasteiger partial charge in [0, 0.05) is 10.7 Å². The molecular formula is C35H59ClN2O13. The Bertz CT molecular complexity index is 1160. The zero-order valence-electron chi connectivity index (χ0n) is 30.5. The zero-order valence-corrected chi connectivity index (χ0v) is 31.3. The molecule has 0 fully saturated rings. The van der Waals surface area contributed by atoms with E-state index in [1.165, 1.54) is 56.4 Å². The van der Waals surface area contributed by atoms with Crippen molar-refractivity contribution in [3.63, 3.8) is 0 Å². The van der Waals surface area contributed by atoms with E-state index in [4.69, 9.17) is 36.8 Å². The van der Waals surface area contributed by atoms with Gasteiger partial charge in [0.05, 0.1) is 31.1 Å². The van der Waals surface area contributed by atoms with Gasteiger partial charge in [-0.05, 0) is 63.8 Å². The number of benzene rings is 1. The lowest BCUT2D eigenvalue weighted by Crippen LogP contribution is -2.46. The predicted molar refractivity (Wildman–Crippen MR) is 191 cm³/mol. The van der Waals surface area contributed by atoms with Crippen molar-refractivity contribution in [1.82, 2.24) is 5.32 Å². The van der Waals surface area contributed by atoms with Crippen LogP contribution in [-0.2, 0) is 23.9 Å². The van der Waals surface area contributed by atoms with E-state index in [9.17, 15) is 39.3 Å². The molecule has 5 atom stereocenters. The first-order valence-electron chi connectivity index (χ1n) is 17.0. The Morgan fingerprint density at radius 3 is 1.75 bits per heavy atom. The van der Waals surface area contributed by atoms with Crippen LogP contribution >= 0.6 is 11.6 Å². The Labute approximate surface area is 305 Å². The summed E-state index contributed by atoms with van der Waals surface area (Å²) in [6.07, 6.45) is 2.34. The van der Waals surface area contributed by atoms with E-state index in [2.05, 4.69) is 17.6 Å². The summed E-state index contributed by atoms with van der Waals surface area (Å²) in [5.74, 6) is -4.49. The summed E-state index contributed by atoms with van der Waals surface area (Å²) in [7, 11) is 0. The summed E-state index contributed by atoms with van der Waals surface area (Å²) in [5.41, 5.74) is -0.305. The van der Waals surface area contributed by atoms with Gasteiger partial charge < -0.3 is 51.1 Å². The second-order valence-electron chi connectivity index (χ2n) is 13.4. The van der Waals surface area contributed by atoms with Gasteiger partial charge >= 0.3 is 24.0 Å². The first-order chi connectivity index (χ1) is 23.6. The number of carboxylic acids is 3. The molecule has 0 aliphatic heterocycles. The Hall–Kier alpha value is -3.50. The van der Waals surface area contributed by atoms with E-state index >= 15 is 0 Å². The average Bonchev–Trinajstić information content (AvgIpc) is 2.99. The van der Waals surface area contributed by atoms with Crippen LogP contribution in [-0.4, -0.2) is 102 Å². The van der Waals surface area contributed by atoms with Gasteiger partial charge in [-0.15, -0.1) is 0 Å². The molecule has 1 aromatic rings. The van der Waals surface area contributed by atoms with Gasteiger partial charge in [0.2, 0.25) is 0 Å². The third-order valence-electron chi connectivity index (χ3n) is 6.76. The first-order valence-corrected chi connectivity index (χ1v) is 17.4. The van der Waals surface area contributed by atoms with Gasteiger partial charge in [-0.1, -0.05) is 77.3 Å². The van der Waals surface area contributed by atoms with E-state index in [1.807, 2.05) is 13.8 Å². The maximum Gasteiger partial charge on any atom is 0.407 e. The summed E-state index contributed by atoms with van der Waals surface area (Å²) in [5, 5.41) is 68.0.